The average molecular weight is 225 g/mol. The van der Waals surface area contributed by atoms with Crippen LogP contribution in [0.15, 0.2) is 66.7 Å². The molecule has 0 spiro atoms. The summed E-state index contributed by atoms with van der Waals surface area (Å²) in [5, 5.41) is 9.89. The Morgan fingerprint density at radius 1 is 0.941 bits per heavy atom. The van der Waals surface area contributed by atoms with Gasteiger partial charge in [0.2, 0.25) is 0 Å². The number of rotatable bonds is 3. The maximum atomic E-state index is 12.0. The molecule has 1 N–H and O–H groups in total. The number of carbonyl (C=O) groups excluding carboxylic acids is 1. The summed E-state index contributed by atoms with van der Waals surface area (Å²) in [7, 11) is 0. The molecule has 0 aliphatic carbocycles. The lowest BCUT2D eigenvalue weighted by molar-refractivity contribution is 0.104. The zero-order valence-corrected chi connectivity index (χ0v) is 9.13. The van der Waals surface area contributed by atoms with E-state index in [1.54, 1.807) is 60.7 Å². The molecule has 2 nitrogen and oxygen atoms in total. The van der Waals surface area contributed by atoms with Gasteiger partial charge in [-0.2, -0.15) is 0 Å². The van der Waals surface area contributed by atoms with Gasteiger partial charge in [-0.15, -0.1) is 0 Å². The maximum Gasteiger partial charge on any atom is 0.189 e. The van der Waals surface area contributed by atoms with Crippen molar-refractivity contribution in [3.8, 4) is 0 Å². The number of ketones is 1. The molecule has 0 amide bonds. The lowest BCUT2D eigenvalue weighted by atomic mass is 10.1. The molecule has 17 heavy (non-hydrogen) atoms. The van der Waals surface area contributed by atoms with Crippen LogP contribution in [0.5, 0.6) is 0 Å². The molecular formula is C15H12O2. The molecule has 2 aromatic rings. The van der Waals surface area contributed by atoms with Crippen LogP contribution in [0.25, 0.3) is 5.76 Å². The second-order valence-corrected chi connectivity index (χ2v) is 3.53. The van der Waals surface area contributed by atoms with Crippen molar-refractivity contribution in [1.29, 1.82) is 0 Å². The highest BCUT2D eigenvalue weighted by Gasteiger charge is 2.04. The van der Waals surface area contributed by atoms with E-state index in [4.69, 9.17) is 1.37 Å². The van der Waals surface area contributed by atoms with E-state index >= 15 is 0 Å². The van der Waals surface area contributed by atoms with E-state index in [9.17, 15) is 9.90 Å². The summed E-state index contributed by atoms with van der Waals surface area (Å²) in [5.41, 5.74) is 0.858. The maximum absolute atomic E-state index is 12.0. The van der Waals surface area contributed by atoms with Gasteiger partial charge in [-0.25, -0.2) is 0 Å². The third-order valence-electron chi connectivity index (χ3n) is 2.32. The van der Waals surface area contributed by atoms with E-state index in [1.807, 2.05) is 0 Å². The molecule has 0 heterocycles. The molecule has 0 saturated heterocycles. The van der Waals surface area contributed by atoms with Crippen molar-refractivity contribution in [3.05, 3.63) is 77.8 Å². The van der Waals surface area contributed by atoms with Crippen LogP contribution in [0.1, 0.15) is 17.3 Å². The number of aliphatic hydroxyl groups is 1. The van der Waals surface area contributed by atoms with Gasteiger partial charge in [0.1, 0.15) is 5.76 Å². The molecular weight excluding hydrogens is 212 g/mol. The molecule has 0 atom stereocenters. The van der Waals surface area contributed by atoms with E-state index in [0.717, 1.165) is 0 Å². The molecule has 0 aromatic heterocycles. The normalized spacial score (nSPS) is 12.6. The summed E-state index contributed by atoms with van der Waals surface area (Å²) >= 11 is 0. The summed E-state index contributed by atoms with van der Waals surface area (Å²) in [4.78, 5) is 12.0. The Labute approximate surface area is 101 Å². The average Bonchev–Trinajstić information content (AvgIpc) is 2.47. The fraction of sp³-hybridized carbons (Fsp3) is 0. The number of carbonyl (C=O) groups is 1. The monoisotopic (exact) mass is 225 g/mol. The number of hydrogen-bond acceptors (Lipinski definition) is 2. The minimum Gasteiger partial charge on any atom is -0.507 e. The topological polar surface area (TPSA) is 37.3 Å². The van der Waals surface area contributed by atoms with Crippen LogP contribution in [0.4, 0.5) is 0 Å². The van der Waals surface area contributed by atoms with Crippen LogP contribution in [-0.2, 0) is 0 Å². The summed E-state index contributed by atoms with van der Waals surface area (Å²) in [5.74, 6) is -0.790. The van der Waals surface area contributed by atoms with Gasteiger partial charge in [0.25, 0.3) is 0 Å². The first kappa shape index (κ1) is 9.85. The van der Waals surface area contributed by atoms with Gasteiger partial charge in [0.05, 0.1) is 1.37 Å². The minimum atomic E-state index is -0.489. The van der Waals surface area contributed by atoms with Crippen LogP contribution >= 0.6 is 0 Å². The summed E-state index contributed by atoms with van der Waals surface area (Å²) in [6, 6.07) is 16.7. The molecule has 0 aliphatic rings. The summed E-state index contributed by atoms with van der Waals surface area (Å²) < 4.78 is 7.74. The van der Waals surface area contributed by atoms with Crippen LogP contribution in [-0.4, -0.2) is 10.9 Å². The lowest BCUT2D eigenvalue weighted by Crippen LogP contribution is -1.95. The molecule has 84 valence electrons. The fourth-order valence-electron chi connectivity index (χ4n) is 1.44. The SMILES string of the molecule is [2H]C(C(=O)c1ccccc1)=C(O)c1ccccc1. The van der Waals surface area contributed by atoms with Crippen molar-refractivity contribution in [3.63, 3.8) is 0 Å². The fourth-order valence-corrected chi connectivity index (χ4v) is 1.44. The van der Waals surface area contributed by atoms with Crippen molar-refractivity contribution >= 4 is 11.5 Å². The molecule has 2 heteroatoms. The molecule has 2 aromatic carbocycles. The van der Waals surface area contributed by atoms with E-state index in [1.165, 1.54) is 0 Å². The Balaban J connectivity index is 2.37. The van der Waals surface area contributed by atoms with Crippen LogP contribution in [0.2, 0.25) is 0 Å². The number of aliphatic hydroxyl groups excluding tert-OH is 1. The zero-order valence-electron chi connectivity index (χ0n) is 10.1. The molecule has 0 unspecified atom stereocenters. The second-order valence-electron chi connectivity index (χ2n) is 3.53. The summed E-state index contributed by atoms with van der Waals surface area (Å²) in [6.45, 7) is 0. The van der Waals surface area contributed by atoms with Crippen LogP contribution in [0, 0.1) is 0 Å². The number of benzene rings is 2. The highest BCUT2D eigenvalue weighted by atomic mass is 16.3. The second kappa shape index (κ2) is 5.12. The molecule has 0 radical (unpaired) electrons. The third-order valence-corrected chi connectivity index (χ3v) is 2.32. The van der Waals surface area contributed by atoms with Gasteiger partial charge >= 0.3 is 0 Å². The van der Waals surface area contributed by atoms with Crippen LogP contribution < -0.4 is 0 Å². The third kappa shape index (κ3) is 2.82. The Hall–Kier alpha value is -2.35. The van der Waals surface area contributed by atoms with Gasteiger partial charge in [0.15, 0.2) is 5.78 Å². The van der Waals surface area contributed by atoms with Crippen molar-refractivity contribution in [2.45, 2.75) is 0 Å². The van der Waals surface area contributed by atoms with E-state index in [0.29, 0.717) is 11.1 Å². The minimum absolute atomic E-state index is 0.301. The molecule has 0 aliphatic heterocycles. The first-order valence-electron chi connectivity index (χ1n) is 5.75. The molecule has 2 rings (SSSR count). The standard InChI is InChI=1S/C15H12O2/c16-14(12-7-3-1-4-8-12)11-15(17)13-9-5-2-6-10-13/h1-11,16H/i11D. The van der Waals surface area contributed by atoms with E-state index in [2.05, 4.69) is 0 Å². The van der Waals surface area contributed by atoms with Crippen molar-refractivity contribution in [1.82, 2.24) is 0 Å². The smallest absolute Gasteiger partial charge is 0.189 e. The number of allylic oxidation sites excluding steroid dienone is 1. The zero-order chi connectivity index (χ0) is 13.0. The first-order chi connectivity index (χ1) is 8.70. The highest BCUT2D eigenvalue weighted by Crippen LogP contribution is 2.12. The molecule has 0 fully saturated rings. The van der Waals surface area contributed by atoms with Gasteiger partial charge in [-0.3, -0.25) is 4.79 Å². The first-order valence-corrected chi connectivity index (χ1v) is 5.25. The van der Waals surface area contributed by atoms with E-state index < -0.39 is 11.8 Å². The van der Waals surface area contributed by atoms with Crippen LogP contribution in [0.3, 0.4) is 0 Å². The predicted octanol–water partition coefficient (Wildman–Crippen LogP) is 3.47. The lowest BCUT2D eigenvalue weighted by Gasteiger charge is -1.99. The van der Waals surface area contributed by atoms with Gasteiger partial charge < -0.3 is 5.11 Å². The van der Waals surface area contributed by atoms with Crippen molar-refractivity contribution in [2.75, 3.05) is 0 Å². The highest BCUT2D eigenvalue weighted by molar-refractivity contribution is 6.07. The molecule has 0 saturated carbocycles. The largest absolute Gasteiger partial charge is 0.507 e. The van der Waals surface area contributed by atoms with Crippen molar-refractivity contribution in [2.24, 2.45) is 0 Å². The molecule has 0 bridgehead atoms. The van der Waals surface area contributed by atoms with Gasteiger partial charge in [-0.05, 0) is 0 Å². The predicted molar refractivity (Wildman–Crippen MR) is 67.8 cm³/mol. The van der Waals surface area contributed by atoms with Gasteiger partial charge in [0, 0.05) is 17.2 Å². The van der Waals surface area contributed by atoms with Gasteiger partial charge in [-0.1, -0.05) is 60.7 Å². The Bertz CT molecular complexity index is 574. The van der Waals surface area contributed by atoms with E-state index in [-0.39, 0.29) is 5.76 Å². The number of hydrogen-bond donors (Lipinski definition) is 1. The Morgan fingerprint density at radius 3 is 1.94 bits per heavy atom. The summed E-state index contributed by atoms with van der Waals surface area (Å²) in [6.07, 6.45) is 0. The van der Waals surface area contributed by atoms with Crippen molar-refractivity contribution < 1.29 is 11.3 Å². The quantitative estimate of drug-likeness (QED) is 0.493. The Morgan fingerprint density at radius 2 is 1.41 bits per heavy atom. The Kier molecular flexibility index (Phi) is 2.97.